The van der Waals surface area contributed by atoms with Crippen LogP contribution in [0.25, 0.3) is 0 Å². The molecule has 0 aliphatic rings. The molecule has 110 valence electrons. The van der Waals surface area contributed by atoms with E-state index in [-0.39, 0.29) is 5.91 Å². The van der Waals surface area contributed by atoms with Gasteiger partial charge in [0.05, 0.1) is 7.11 Å². The Bertz CT molecular complexity index is 275. The first-order chi connectivity index (χ1) is 9.20. The van der Waals surface area contributed by atoms with Crippen LogP contribution in [0.4, 0.5) is 0 Å². The lowest BCUT2D eigenvalue weighted by Gasteiger charge is -2.03. The molecule has 0 aromatic heterocycles. The van der Waals surface area contributed by atoms with Gasteiger partial charge in [0.2, 0.25) is 5.91 Å². The lowest BCUT2D eigenvalue weighted by molar-refractivity contribution is -0.135. The quantitative estimate of drug-likeness (QED) is 0.356. The summed E-state index contributed by atoms with van der Waals surface area (Å²) in [5, 5.41) is 2.74. The van der Waals surface area contributed by atoms with Gasteiger partial charge in [-0.3, -0.25) is 4.79 Å². The predicted molar refractivity (Wildman–Crippen MR) is 76.8 cm³/mol. The van der Waals surface area contributed by atoms with Gasteiger partial charge >= 0.3 is 5.97 Å². The van der Waals surface area contributed by atoms with Crippen LogP contribution >= 0.6 is 0 Å². The van der Waals surface area contributed by atoms with Crippen molar-refractivity contribution in [2.24, 2.45) is 0 Å². The van der Waals surface area contributed by atoms with Gasteiger partial charge in [0, 0.05) is 18.7 Å². The van der Waals surface area contributed by atoms with Crippen molar-refractivity contribution in [3.8, 4) is 0 Å². The number of ether oxygens (including phenoxy) is 1. The standard InChI is InChI=1S/C15H27NO3/c1-3-4-5-6-7-8-9-10-13-16-14(17)11-12-15(18)19-2/h11-12H,3-10,13H2,1-2H3,(H,16,17)/b12-11-. The Hall–Kier alpha value is -1.32. The zero-order chi connectivity index (χ0) is 14.3. The van der Waals surface area contributed by atoms with Crippen molar-refractivity contribution in [1.82, 2.24) is 5.32 Å². The first-order valence-corrected chi connectivity index (χ1v) is 7.24. The fourth-order valence-corrected chi connectivity index (χ4v) is 1.74. The second-order valence-corrected chi connectivity index (χ2v) is 4.62. The zero-order valence-electron chi connectivity index (χ0n) is 12.2. The summed E-state index contributed by atoms with van der Waals surface area (Å²) >= 11 is 0. The summed E-state index contributed by atoms with van der Waals surface area (Å²) in [6, 6.07) is 0. The van der Waals surface area contributed by atoms with Crippen molar-refractivity contribution in [2.75, 3.05) is 13.7 Å². The molecule has 4 nitrogen and oxygen atoms in total. The zero-order valence-corrected chi connectivity index (χ0v) is 12.2. The van der Waals surface area contributed by atoms with Gasteiger partial charge < -0.3 is 10.1 Å². The molecule has 0 atom stereocenters. The SMILES string of the molecule is CCCCCCCCCCNC(=O)/C=C\C(=O)OC. The molecular weight excluding hydrogens is 242 g/mol. The molecule has 0 aliphatic heterocycles. The molecule has 0 aromatic carbocycles. The molecular formula is C15H27NO3. The minimum Gasteiger partial charge on any atom is -0.466 e. The Morgan fingerprint density at radius 3 is 2.11 bits per heavy atom. The van der Waals surface area contributed by atoms with Crippen LogP contribution in [0.3, 0.4) is 0 Å². The molecule has 4 heteroatoms. The van der Waals surface area contributed by atoms with E-state index in [1.165, 1.54) is 51.7 Å². The molecule has 0 bridgehead atoms. The molecule has 0 aromatic rings. The summed E-state index contributed by atoms with van der Waals surface area (Å²) in [6.45, 7) is 2.89. The van der Waals surface area contributed by atoms with Crippen LogP contribution in [0.2, 0.25) is 0 Å². The number of nitrogens with one attached hydrogen (secondary N) is 1. The molecule has 0 aliphatic carbocycles. The molecule has 0 saturated carbocycles. The Labute approximate surface area is 116 Å². The van der Waals surface area contributed by atoms with Crippen molar-refractivity contribution in [1.29, 1.82) is 0 Å². The van der Waals surface area contributed by atoms with Crippen LogP contribution in [0, 0.1) is 0 Å². The summed E-state index contributed by atoms with van der Waals surface area (Å²) in [4.78, 5) is 22.0. The number of hydrogen-bond acceptors (Lipinski definition) is 3. The number of carbonyl (C=O) groups excluding carboxylic acids is 2. The number of amides is 1. The predicted octanol–water partition coefficient (Wildman–Crippen LogP) is 2.97. The van der Waals surface area contributed by atoms with E-state index >= 15 is 0 Å². The number of carbonyl (C=O) groups is 2. The molecule has 1 N–H and O–H groups in total. The van der Waals surface area contributed by atoms with Gasteiger partial charge in [-0.05, 0) is 6.42 Å². The monoisotopic (exact) mass is 269 g/mol. The Balaban J connectivity index is 3.32. The van der Waals surface area contributed by atoms with Gasteiger partial charge in [0.1, 0.15) is 0 Å². The molecule has 0 fully saturated rings. The molecule has 0 saturated heterocycles. The molecule has 0 heterocycles. The van der Waals surface area contributed by atoms with Crippen molar-refractivity contribution < 1.29 is 14.3 Å². The highest BCUT2D eigenvalue weighted by molar-refractivity contribution is 5.94. The number of rotatable bonds is 11. The lowest BCUT2D eigenvalue weighted by Crippen LogP contribution is -2.22. The summed E-state index contributed by atoms with van der Waals surface area (Å²) in [5.41, 5.74) is 0. The second-order valence-electron chi connectivity index (χ2n) is 4.62. The van der Waals surface area contributed by atoms with Gasteiger partial charge in [-0.1, -0.05) is 51.9 Å². The van der Waals surface area contributed by atoms with E-state index in [4.69, 9.17) is 0 Å². The van der Waals surface area contributed by atoms with Crippen molar-refractivity contribution in [2.45, 2.75) is 58.3 Å². The van der Waals surface area contributed by atoms with E-state index in [2.05, 4.69) is 17.0 Å². The molecule has 19 heavy (non-hydrogen) atoms. The van der Waals surface area contributed by atoms with Crippen molar-refractivity contribution in [3.05, 3.63) is 12.2 Å². The average molecular weight is 269 g/mol. The first kappa shape index (κ1) is 17.7. The van der Waals surface area contributed by atoms with E-state index < -0.39 is 5.97 Å². The van der Waals surface area contributed by atoms with Crippen LogP contribution in [0.1, 0.15) is 58.3 Å². The average Bonchev–Trinajstić information content (AvgIpc) is 2.42. The minimum atomic E-state index is -0.512. The Morgan fingerprint density at radius 1 is 0.947 bits per heavy atom. The van der Waals surface area contributed by atoms with Gasteiger partial charge in [0.15, 0.2) is 0 Å². The van der Waals surface area contributed by atoms with Crippen LogP contribution < -0.4 is 5.32 Å². The second kappa shape index (κ2) is 13.1. The molecule has 0 rings (SSSR count). The summed E-state index contributed by atoms with van der Waals surface area (Å²) in [7, 11) is 1.28. The maximum absolute atomic E-state index is 11.3. The summed E-state index contributed by atoms with van der Waals surface area (Å²) in [5.74, 6) is -0.754. The number of hydrogen-bond donors (Lipinski definition) is 1. The van der Waals surface area contributed by atoms with E-state index in [0.717, 1.165) is 18.9 Å². The number of esters is 1. The van der Waals surface area contributed by atoms with Gasteiger partial charge in [-0.2, -0.15) is 0 Å². The number of unbranched alkanes of at least 4 members (excludes halogenated alkanes) is 7. The van der Waals surface area contributed by atoms with Crippen LogP contribution in [0.15, 0.2) is 12.2 Å². The molecule has 0 unspecified atom stereocenters. The van der Waals surface area contributed by atoms with Gasteiger partial charge in [-0.15, -0.1) is 0 Å². The Morgan fingerprint density at radius 2 is 1.53 bits per heavy atom. The van der Waals surface area contributed by atoms with Crippen LogP contribution in [-0.4, -0.2) is 25.5 Å². The number of methoxy groups -OCH3 is 1. The van der Waals surface area contributed by atoms with Gasteiger partial charge in [0.25, 0.3) is 0 Å². The Kier molecular flexibility index (Phi) is 12.2. The molecule has 1 amide bonds. The highest BCUT2D eigenvalue weighted by Crippen LogP contribution is 2.07. The fraction of sp³-hybridized carbons (Fsp3) is 0.733. The van der Waals surface area contributed by atoms with Gasteiger partial charge in [-0.25, -0.2) is 4.79 Å². The maximum Gasteiger partial charge on any atom is 0.330 e. The molecule has 0 spiro atoms. The fourth-order valence-electron chi connectivity index (χ4n) is 1.74. The third-order valence-corrected chi connectivity index (χ3v) is 2.90. The van der Waals surface area contributed by atoms with Crippen molar-refractivity contribution >= 4 is 11.9 Å². The minimum absolute atomic E-state index is 0.242. The highest BCUT2D eigenvalue weighted by Gasteiger charge is 1.97. The summed E-state index contributed by atoms with van der Waals surface area (Å²) in [6.07, 6.45) is 12.3. The third-order valence-electron chi connectivity index (χ3n) is 2.90. The largest absolute Gasteiger partial charge is 0.466 e. The third kappa shape index (κ3) is 12.9. The first-order valence-electron chi connectivity index (χ1n) is 7.24. The van der Waals surface area contributed by atoms with E-state index in [9.17, 15) is 9.59 Å². The molecule has 0 radical (unpaired) electrons. The van der Waals surface area contributed by atoms with E-state index in [1.807, 2.05) is 0 Å². The lowest BCUT2D eigenvalue weighted by atomic mass is 10.1. The smallest absolute Gasteiger partial charge is 0.330 e. The normalized spacial score (nSPS) is 10.6. The van der Waals surface area contributed by atoms with E-state index in [1.54, 1.807) is 0 Å². The maximum atomic E-state index is 11.3. The summed E-state index contributed by atoms with van der Waals surface area (Å²) < 4.78 is 4.39. The topological polar surface area (TPSA) is 55.4 Å². The highest BCUT2D eigenvalue weighted by atomic mass is 16.5. The van der Waals surface area contributed by atoms with Crippen LogP contribution in [-0.2, 0) is 14.3 Å². The van der Waals surface area contributed by atoms with E-state index in [0.29, 0.717) is 6.54 Å². The van der Waals surface area contributed by atoms with Crippen LogP contribution in [0.5, 0.6) is 0 Å². The van der Waals surface area contributed by atoms with Crippen molar-refractivity contribution in [3.63, 3.8) is 0 Å².